The van der Waals surface area contributed by atoms with E-state index < -0.39 is 124 Å². The summed E-state index contributed by atoms with van der Waals surface area (Å²) in [5, 5.41) is 27.2. The molecule has 0 aromatic carbocycles. The normalized spacial score (nSPS) is 14.7. The smallest absolute Gasteiger partial charge is 0.245 e. The van der Waals surface area contributed by atoms with Crippen LogP contribution in [-0.2, 0) is 64.0 Å². The zero-order chi connectivity index (χ0) is 70.7. The predicted molar refractivity (Wildman–Crippen MR) is 350 cm³/mol. The second-order valence-corrected chi connectivity index (χ2v) is 24.7. The lowest BCUT2D eigenvalue weighted by Crippen LogP contribution is -2.63. The Balaban J connectivity index is 2.26. The van der Waals surface area contributed by atoms with E-state index in [2.05, 4.69) is 78.1 Å². The predicted octanol–water partition coefficient (Wildman–Crippen LogP) is -6.22. The minimum absolute atomic E-state index is 0.00744. The maximum Gasteiger partial charge on any atom is 0.245 e. The molecular weight excluding hydrogens is 1220 g/mol. The number of carbonyl (C=O) groups excluding carboxylic acids is 12. The number of unbranched alkanes of at least 4 members (excludes halogenated alkanes) is 2. The Morgan fingerprint density at radius 3 is 1.54 bits per heavy atom. The molecule has 1 aliphatic rings. The SMILES string of the molecule is CC(C)C[C@H](NC(=O)[C@H](CCCN=C(N)N)NC(=O)CCCCNC(=O)[C@H](CCCCN=C(N)N)NC(=O)[C@H](CCC(N)=O)NC(=O)[C@@H](CCCN=C(N)N)NC(=O)C(C)(C)C(N)=O)C(=O)NC(C)(C)C(=O)N[C@@H](Cc1cnc[nH]1)C(=O)N[C@@H](CC1CCNCC1)C(N)=O. The van der Waals surface area contributed by atoms with Crippen molar-refractivity contribution < 1.29 is 57.5 Å². The lowest BCUT2D eigenvalue weighted by molar-refractivity contribution is -0.142. The summed E-state index contributed by atoms with van der Waals surface area (Å²) >= 11 is 0. The third kappa shape index (κ3) is 31.8. The fourth-order valence-corrected chi connectivity index (χ4v) is 9.60. The summed E-state index contributed by atoms with van der Waals surface area (Å²) < 4.78 is 0. The maximum atomic E-state index is 14.2. The Morgan fingerprint density at radius 2 is 1.03 bits per heavy atom. The molecule has 2 rings (SSSR count). The van der Waals surface area contributed by atoms with Crippen LogP contribution < -0.4 is 105 Å². The second-order valence-electron chi connectivity index (χ2n) is 24.7. The van der Waals surface area contributed by atoms with Gasteiger partial charge in [-0.25, -0.2) is 4.98 Å². The van der Waals surface area contributed by atoms with Gasteiger partial charge in [-0.15, -0.1) is 0 Å². The van der Waals surface area contributed by atoms with E-state index in [1.165, 1.54) is 40.2 Å². The molecule has 29 N–H and O–H groups in total. The highest BCUT2D eigenvalue weighted by molar-refractivity contribution is 6.05. The number of hydrogen-bond acceptors (Lipinski definition) is 17. The van der Waals surface area contributed by atoms with E-state index in [4.69, 9.17) is 51.6 Å². The topological polar surface area (TPSA) is 625 Å². The number of hydrogen-bond donors (Lipinski definition) is 20. The van der Waals surface area contributed by atoms with Crippen LogP contribution in [0.15, 0.2) is 27.5 Å². The first kappa shape index (κ1) is 80.7. The van der Waals surface area contributed by atoms with E-state index >= 15 is 0 Å². The van der Waals surface area contributed by atoms with Crippen molar-refractivity contribution in [1.82, 2.24) is 63.1 Å². The van der Waals surface area contributed by atoms with Gasteiger partial charge in [-0.2, -0.15) is 0 Å². The standard InChI is InChI=1S/C58H104N24O12/c1-32(2)27-40(50(91)82-58(5,6)53(94)81-41(29-34-30-69-31-74-34)49(90)78-39(44(60)85)28-33-19-25-68-26-20-33)79-46(87)36(14-11-23-72-55(64)65)75-43(84)16-8-10-21-70-45(86)35(13-7-9-22-71-54(62)63)76-48(89)38(17-18-42(59)83)77-47(88)37(15-12-24-73-56(66)67)80-52(93)57(3,4)51(61)92/h30-33,35-41,68H,7-29H2,1-6H3,(H2,59,83)(H2,60,85)(H2,61,92)(H,69,74)(H,70,86)(H,75,84)(H,76,89)(H,77,88)(H,78,90)(H,79,87)(H,80,93)(H,81,94)(H,82,91)(H4,62,63,71)(H4,64,65,72)(H4,66,67,73)/t35-,36-,37+,38-,39-,40-,41-/m0/s1. The van der Waals surface area contributed by atoms with Gasteiger partial charge in [0, 0.05) is 57.3 Å². The summed E-state index contributed by atoms with van der Waals surface area (Å²) in [5.74, 6) is -10.1. The van der Waals surface area contributed by atoms with Crippen molar-refractivity contribution in [3.63, 3.8) is 0 Å². The first-order valence-electron chi connectivity index (χ1n) is 31.6. The number of aliphatic imine (C=N–C) groups is 3. The fraction of sp³-hybridized carbons (Fsp3) is 0.690. The number of nitrogens with one attached hydrogen (secondary N) is 11. The number of aromatic amines is 1. The van der Waals surface area contributed by atoms with Gasteiger partial charge in [0.15, 0.2) is 17.9 Å². The Hall–Kier alpha value is -9.38. The molecule has 0 unspecified atom stereocenters. The molecule has 1 aliphatic heterocycles. The summed E-state index contributed by atoms with van der Waals surface area (Å²) in [7, 11) is 0. The van der Waals surface area contributed by atoms with Gasteiger partial charge in [0.1, 0.15) is 53.2 Å². The van der Waals surface area contributed by atoms with Gasteiger partial charge >= 0.3 is 0 Å². The molecule has 94 heavy (non-hydrogen) atoms. The zero-order valence-corrected chi connectivity index (χ0v) is 55.0. The zero-order valence-electron chi connectivity index (χ0n) is 55.0. The minimum atomic E-state index is -1.76. The number of nitrogens with zero attached hydrogens (tertiary/aromatic N) is 4. The summed E-state index contributed by atoms with van der Waals surface area (Å²) in [4.78, 5) is 180. The van der Waals surface area contributed by atoms with E-state index in [0.717, 1.165) is 25.9 Å². The highest BCUT2D eigenvalue weighted by Crippen LogP contribution is 2.20. The lowest BCUT2D eigenvalue weighted by Gasteiger charge is -2.31. The van der Waals surface area contributed by atoms with Crippen molar-refractivity contribution in [3.8, 4) is 0 Å². The first-order chi connectivity index (χ1) is 44.1. The van der Waals surface area contributed by atoms with Crippen molar-refractivity contribution in [2.24, 2.45) is 83.8 Å². The molecular formula is C58H104N24O12. The van der Waals surface area contributed by atoms with Crippen LogP contribution >= 0.6 is 0 Å². The Labute approximate surface area is 547 Å². The van der Waals surface area contributed by atoms with Crippen LogP contribution in [0.2, 0.25) is 0 Å². The summed E-state index contributed by atoms with van der Waals surface area (Å²) in [6.07, 6.45) is 5.31. The first-order valence-corrected chi connectivity index (χ1v) is 31.6. The highest BCUT2D eigenvalue weighted by atomic mass is 16.2. The average molecular weight is 1330 g/mol. The monoisotopic (exact) mass is 1330 g/mol. The summed E-state index contributed by atoms with van der Waals surface area (Å²) in [6.45, 7) is 10.8. The number of carbonyl (C=O) groups is 12. The number of amides is 12. The van der Waals surface area contributed by atoms with Crippen LogP contribution in [0.3, 0.4) is 0 Å². The molecule has 0 radical (unpaired) electrons. The maximum absolute atomic E-state index is 14.2. The molecule has 36 heteroatoms. The number of primary amides is 3. The molecule has 528 valence electrons. The molecule has 0 spiro atoms. The molecule has 0 bridgehead atoms. The van der Waals surface area contributed by atoms with Crippen LogP contribution in [0.25, 0.3) is 0 Å². The average Bonchev–Trinajstić information content (AvgIpc) is 0.960. The number of piperidine rings is 1. The number of aromatic nitrogens is 2. The van der Waals surface area contributed by atoms with Crippen LogP contribution in [-0.4, -0.2) is 186 Å². The number of imidazole rings is 1. The van der Waals surface area contributed by atoms with E-state index in [1.807, 2.05) is 13.8 Å². The quantitative estimate of drug-likeness (QED) is 0.0125. The minimum Gasteiger partial charge on any atom is -0.370 e. The van der Waals surface area contributed by atoms with Crippen molar-refractivity contribution in [1.29, 1.82) is 0 Å². The molecule has 36 nitrogen and oxygen atoms in total. The van der Waals surface area contributed by atoms with Gasteiger partial charge in [0.05, 0.1) is 6.33 Å². The Bertz CT molecular complexity index is 2770. The fourth-order valence-electron chi connectivity index (χ4n) is 9.60. The van der Waals surface area contributed by atoms with Gasteiger partial charge in [0.25, 0.3) is 0 Å². The van der Waals surface area contributed by atoms with Crippen molar-refractivity contribution in [2.75, 3.05) is 39.3 Å². The van der Waals surface area contributed by atoms with Gasteiger partial charge in [-0.1, -0.05) is 13.8 Å². The van der Waals surface area contributed by atoms with Crippen molar-refractivity contribution in [2.45, 2.75) is 199 Å². The van der Waals surface area contributed by atoms with Gasteiger partial charge < -0.3 is 110 Å². The molecule has 1 aromatic heterocycles. The Kier molecular flexibility index (Phi) is 35.4. The van der Waals surface area contributed by atoms with E-state index in [9.17, 15) is 57.5 Å². The molecule has 0 saturated carbocycles. The molecule has 2 heterocycles. The molecule has 12 amide bonds. The second kappa shape index (κ2) is 41.3. The third-order valence-corrected chi connectivity index (χ3v) is 15.3. The van der Waals surface area contributed by atoms with Crippen molar-refractivity contribution in [3.05, 3.63) is 18.2 Å². The van der Waals surface area contributed by atoms with Crippen LogP contribution in [0.5, 0.6) is 0 Å². The van der Waals surface area contributed by atoms with Crippen molar-refractivity contribution >= 4 is 88.8 Å². The Morgan fingerprint density at radius 1 is 0.543 bits per heavy atom. The molecule has 1 aromatic rings. The van der Waals surface area contributed by atoms with E-state index in [1.54, 1.807) is 0 Å². The van der Waals surface area contributed by atoms with E-state index in [0.29, 0.717) is 25.0 Å². The van der Waals surface area contributed by atoms with Gasteiger partial charge in [-0.3, -0.25) is 72.5 Å². The van der Waals surface area contributed by atoms with Gasteiger partial charge in [-0.05, 0) is 143 Å². The number of nitrogens with two attached hydrogens (primary N) is 9. The molecule has 1 fully saturated rings. The number of guanidine groups is 3. The third-order valence-electron chi connectivity index (χ3n) is 15.3. The number of H-pyrrole nitrogens is 1. The summed E-state index contributed by atoms with van der Waals surface area (Å²) in [6, 6.07) is -8.83. The van der Waals surface area contributed by atoms with Crippen LogP contribution in [0.1, 0.15) is 150 Å². The van der Waals surface area contributed by atoms with Gasteiger partial charge in [0.2, 0.25) is 70.9 Å². The number of rotatable bonds is 45. The van der Waals surface area contributed by atoms with Crippen LogP contribution in [0.4, 0.5) is 0 Å². The molecule has 0 aliphatic carbocycles. The highest BCUT2D eigenvalue weighted by Gasteiger charge is 2.39. The largest absolute Gasteiger partial charge is 0.370 e. The lowest BCUT2D eigenvalue weighted by atomic mass is 9.90. The molecule has 7 atom stereocenters. The summed E-state index contributed by atoms with van der Waals surface area (Å²) in [5.41, 5.74) is 46.5. The van der Waals surface area contributed by atoms with E-state index in [-0.39, 0.29) is 133 Å². The molecule has 1 saturated heterocycles. The van der Waals surface area contributed by atoms with Crippen LogP contribution in [0, 0.1) is 17.3 Å².